The highest BCUT2D eigenvalue weighted by atomic mass is 16.5. The Bertz CT molecular complexity index is 921. The number of carbonyl (C=O) groups excluding carboxylic acids is 1. The van der Waals surface area contributed by atoms with E-state index in [4.69, 9.17) is 13.9 Å². The van der Waals surface area contributed by atoms with Crippen LogP contribution in [0, 0.1) is 6.92 Å². The summed E-state index contributed by atoms with van der Waals surface area (Å²) in [4.78, 5) is 14.7. The van der Waals surface area contributed by atoms with Gasteiger partial charge in [-0.25, -0.2) is 4.79 Å². The summed E-state index contributed by atoms with van der Waals surface area (Å²) in [6, 6.07) is 18.6. The van der Waals surface area contributed by atoms with E-state index in [1.54, 1.807) is 37.3 Å². The van der Waals surface area contributed by atoms with Gasteiger partial charge in [-0.2, -0.15) is 0 Å². The molecule has 0 fully saturated rings. The average molecular weight is 380 g/mol. The lowest BCUT2D eigenvalue weighted by Gasteiger charge is -2.23. The van der Waals surface area contributed by atoms with Gasteiger partial charge in [0.25, 0.3) is 0 Å². The number of ether oxygens (including phenoxy) is 2. The molecule has 6 nitrogen and oxygen atoms in total. The summed E-state index contributed by atoms with van der Waals surface area (Å²) in [6.45, 7) is 2.69. The average Bonchev–Trinajstić information content (AvgIpc) is 3.13. The van der Waals surface area contributed by atoms with Gasteiger partial charge in [-0.15, -0.1) is 0 Å². The van der Waals surface area contributed by atoms with E-state index >= 15 is 0 Å². The van der Waals surface area contributed by atoms with Gasteiger partial charge in [-0.1, -0.05) is 30.3 Å². The van der Waals surface area contributed by atoms with Crippen LogP contribution in [-0.4, -0.2) is 25.2 Å². The van der Waals surface area contributed by atoms with Gasteiger partial charge in [0.1, 0.15) is 23.0 Å². The molecule has 2 amide bonds. The minimum Gasteiger partial charge on any atom is -0.497 e. The highest BCUT2D eigenvalue weighted by Gasteiger charge is 2.18. The molecule has 0 aliphatic rings. The number of urea groups is 1. The van der Waals surface area contributed by atoms with Gasteiger partial charge in [-0.3, -0.25) is 0 Å². The molecule has 0 saturated heterocycles. The second kappa shape index (κ2) is 8.99. The normalized spacial score (nSPS) is 10.4. The molecule has 1 N–H and O–H groups in total. The Labute approximate surface area is 164 Å². The summed E-state index contributed by atoms with van der Waals surface area (Å²) in [5.74, 6) is 2.72. The molecule has 0 saturated carbocycles. The summed E-state index contributed by atoms with van der Waals surface area (Å²) in [5, 5.41) is 2.92. The predicted octanol–water partition coefficient (Wildman–Crippen LogP) is 4.84. The van der Waals surface area contributed by atoms with E-state index < -0.39 is 0 Å². The molecule has 0 radical (unpaired) electrons. The molecule has 3 aromatic rings. The Hall–Kier alpha value is -3.41. The Kier molecular flexibility index (Phi) is 6.22. The molecular formula is C22H24N2O4. The molecule has 0 aliphatic carbocycles. The molecule has 0 atom stereocenters. The topological polar surface area (TPSA) is 63.9 Å². The number of amides is 2. The van der Waals surface area contributed by atoms with E-state index in [0.717, 1.165) is 17.1 Å². The van der Waals surface area contributed by atoms with Gasteiger partial charge in [-0.05, 0) is 36.8 Å². The van der Waals surface area contributed by atoms with Crippen molar-refractivity contribution in [2.45, 2.75) is 20.0 Å². The fourth-order valence-corrected chi connectivity index (χ4v) is 2.86. The van der Waals surface area contributed by atoms with Gasteiger partial charge in [0.2, 0.25) is 0 Å². The summed E-state index contributed by atoms with van der Waals surface area (Å²) < 4.78 is 16.2. The first kappa shape index (κ1) is 19.4. The van der Waals surface area contributed by atoms with Gasteiger partial charge < -0.3 is 24.1 Å². The number of rotatable bonds is 7. The third-order valence-corrected chi connectivity index (χ3v) is 4.30. The smallest absolute Gasteiger partial charge is 0.322 e. The standard InChI is InChI=1S/C22H24N2O4/c1-16-9-10-19(28-16)15-24(14-17-7-5-4-6-8-17)22(25)23-20-12-11-18(26-2)13-21(20)27-3/h4-13H,14-15H2,1-3H3,(H,23,25). The highest BCUT2D eigenvalue weighted by Crippen LogP contribution is 2.29. The number of furan rings is 1. The Morgan fingerprint density at radius 1 is 1.00 bits per heavy atom. The zero-order chi connectivity index (χ0) is 19.9. The molecule has 6 heteroatoms. The molecule has 0 bridgehead atoms. The monoisotopic (exact) mass is 380 g/mol. The van der Waals surface area contributed by atoms with Crippen LogP contribution in [0.1, 0.15) is 17.1 Å². The van der Waals surface area contributed by atoms with Crippen LogP contribution < -0.4 is 14.8 Å². The Balaban J connectivity index is 1.81. The zero-order valence-corrected chi connectivity index (χ0v) is 16.3. The van der Waals surface area contributed by atoms with E-state index in [1.807, 2.05) is 49.4 Å². The van der Waals surface area contributed by atoms with Crippen LogP contribution in [0.25, 0.3) is 0 Å². The molecule has 0 aliphatic heterocycles. The number of hydrogen-bond donors (Lipinski definition) is 1. The van der Waals surface area contributed by atoms with Gasteiger partial charge in [0.15, 0.2) is 0 Å². The molecule has 0 spiro atoms. The highest BCUT2D eigenvalue weighted by molar-refractivity contribution is 5.91. The van der Waals surface area contributed by atoms with Crippen molar-refractivity contribution in [3.63, 3.8) is 0 Å². The summed E-state index contributed by atoms with van der Waals surface area (Å²) >= 11 is 0. The van der Waals surface area contributed by atoms with E-state index in [9.17, 15) is 4.79 Å². The first-order chi connectivity index (χ1) is 13.6. The number of methoxy groups -OCH3 is 2. The van der Waals surface area contributed by atoms with Crippen molar-refractivity contribution >= 4 is 11.7 Å². The van der Waals surface area contributed by atoms with Crippen molar-refractivity contribution in [2.24, 2.45) is 0 Å². The molecule has 1 heterocycles. The molecule has 1 aromatic heterocycles. The summed E-state index contributed by atoms with van der Waals surface area (Å²) in [6.07, 6.45) is 0. The van der Waals surface area contributed by atoms with Gasteiger partial charge in [0, 0.05) is 12.6 Å². The van der Waals surface area contributed by atoms with Gasteiger partial charge >= 0.3 is 6.03 Å². The van der Waals surface area contributed by atoms with E-state index in [2.05, 4.69) is 5.32 Å². The van der Waals surface area contributed by atoms with Crippen LogP contribution >= 0.6 is 0 Å². The Morgan fingerprint density at radius 3 is 2.43 bits per heavy atom. The second-order valence-electron chi connectivity index (χ2n) is 6.35. The lowest BCUT2D eigenvalue weighted by atomic mass is 10.2. The van der Waals surface area contributed by atoms with Crippen LogP contribution in [-0.2, 0) is 13.1 Å². The molecule has 3 rings (SSSR count). The predicted molar refractivity (Wildman–Crippen MR) is 108 cm³/mol. The maximum Gasteiger partial charge on any atom is 0.322 e. The molecular weight excluding hydrogens is 356 g/mol. The van der Waals surface area contributed by atoms with Crippen molar-refractivity contribution in [3.05, 3.63) is 77.7 Å². The quantitative estimate of drug-likeness (QED) is 0.637. The molecule has 0 unspecified atom stereocenters. The number of anilines is 1. The maximum atomic E-state index is 13.0. The number of aryl methyl sites for hydroxylation is 1. The van der Waals surface area contributed by atoms with Gasteiger partial charge in [0.05, 0.1) is 26.5 Å². The molecule has 28 heavy (non-hydrogen) atoms. The first-order valence-electron chi connectivity index (χ1n) is 8.96. The maximum absolute atomic E-state index is 13.0. The van der Waals surface area contributed by atoms with Crippen LogP contribution in [0.3, 0.4) is 0 Å². The van der Waals surface area contributed by atoms with E-state index in [0.29, 0.717) is 30.3 Å². The largest absolute Gasteiger partial charge is 0.497 e. The molecule has 2 aromatic carbocycles. The summed E-state index contributed by atoms with van der Waals surface area (Å²) in [5.41, 5.74) is 1.60. The van der Waals surface area contributed by atoms with Crippen molar-refractivity contribution in [1.29, 1.82) is 0 Å². The summed E-state index contributed by atoms with van der Waals surface area (Å²) in [7, 11) is 3.14. The number of carbonyl (C=O) groups is 1. The lowest BCUT2D eigenvalue weighted by Crippen LogP contribution is -2.34. The fraction of sp³-hybridized carbons (Fsp3) is 0.227. The number of nitrogens with zero attached hydrogens (tertiary/aromatic N) is 1. The van der Waals surface area contributed by atoms with E-state index in [1.165, 1.54) is 0 Å². The van der Waals surface area contributed by atoms with Crippen molar-refractivity contribution in [1.82, 2.24) is 4.90 Å². The van der Waals surface area contributed by atoms with Crippen LogP contribution in [0.15, 0.2) is 65.1 Å². The minimum absolute atomic E-state index is 0.249. The van der Waals surface area contributed by atoms with Crippen molar-refractivity contribution < 1.29 is 18.7 Å². The zero-order valence-electron chi connectivity index (χ0n) is 16.3. The third kappa shape index (κ3) is 4.85. The number of hydrogen-bond acceptors (Lipinski definition) is 4. The van der Waals surface area contributed by atoms with E-state index in [-0.39, 0.29) is 6.03 Å². The fourth-order valence-electron chi connectivity index (χ4n) is 2.86. The Morgan fingerprint density at radius 2 is 1.79 bits per heavy atom. The number of benzene rings is 2. The van der Waals surface area contributed by atoms with Crippen LogP contribution in [0.4, 0.5) is 10.5 Å². The van der Waals surface area contributed by atoms with Crippen LogP contribution in [0.2, 0.25) is 0 Å². The van der Waals surface area contributed by atoms with Crippen LogP contribution in [0.5, 0.6) is 11.5 Å². The van der Waals surface area contributed by atoms with Crippen molar-refractivity contribution in [2.75, 3.05) is 19.5 Å². The SMILES string of the molecule is COc1ccc(NC(=O)N(Cc2ccccc2)Cc2ccc(C)o2)c(OC)c1. The van der Waals surface area contributed by atoms with Crippen molar-refractivity contribution in [3.8, 4) is 11.5 Å². The molecule has 146 valence electrons. The minimum atomic E-state index is -0.249. The lowest BCUT2D eigenvalue weighted by molar-refractivity contribution is 0.200. The number of nitrogens with one attached hydrogen (secondary N) is 1. The second-order valence-corrected chi connectivity index (χ2v) is 6.35. The third-order valence-electron chi connectivity index (χ3n) is 4.30. The first-order valence-corrected chi connectivity index (χ1v) is 8.96.